The molecule has 14 heteroatoms. The second kappa shape index (κ2) is 3.03. The smallest absolute Gasteiger partial charge is 0.202 e. The van der Waals surface area contributed by atoms with Gasteiger partial charge < -0.3 is 0 Å². The fourth-order valence-corrected chi connectivity index (χ4v) is 3.73. The fourth-order valence-electron chi connectivity index (χ4n) is 0.803. The molecular formula is C3F7NO4S2. The van der Waals surface area contributed by atoms with Gasteiger partial charge in [-0.2, -0.15) is 26.3 Å². The van der Waals surface area contributed by atoms with Gasteiger partial charge in [0.1, 0.15) is 0 Å². The maximum atomic E-state index is 12.5. The molecule has 0 N–H and O–H groups in total. The van der Waals surface area contributed by atoms with Crippen molar-refractivity contribution >= 4 is 20.0 Å². The van der Waals surface area contributed by atoms with Crippen LogP contribution in [0.25, 0.3) is 0 Å². The molecule has 0 aromatic rings. The molecule has 102 valence electrons. The summed E-state index contributed by atoms with van der Waals surface area (Å²) in [6.07, 6.45) is 0. The fraction of sp³-hybridized carbons (Fsp3) is 1.00. The molecule has 0 saturated carbocycles. The number of rotatable bonds is 0. The van der Waals surface area contributed by atoms with Crippen LogP contribution in [0.1, 0.15) is 0 Å². The van der Waals surface area contributed by atoms with Crippen LogP contribution in [0.5, 0.6) is 0 Å². The zero-order valence-electron chi connectivity index (χ0n) is 7.04. The van der Waals surface area contributed by atoms with Gasteiger partial charge in [-0.1, -0.05) is 0 Å². The molecule has 0 bridgehead atoms. The predicted molar refractivity (Wildman–Crippen MR) is 35.6 cm³/mol. The van der Waals surface area contributed by atoms with E-state index in [0.717, 1.165) is 0 Å². The van der Waals surface area contributed by atoms with E-state index in [-0.39, 0.29) is 0 Å². The van der Waals surface area contributed by atoms with E-state index in [1.165, 1.54) is 0 Å². The van der Waals surface area contributed by atoms with Crippen LogP contribution in [-0.2, 0) is 20.0 Å². The summed E-state index contributed by atoms with van der Waals surface area (Å²) in [5.41, 5.74) is 0. The van der Waals surface area contributed by atoms with Crippen LogP contribution in [0, 0.1) is 0 Å². The molecule has 0 atom stereocenters. The summed E-state index contributed by atoms with van der Waals surface area (Å²) in [4.78, 5) is 0. The van der Waals surface area contributed by atoms with Crippen LogP contribution in [0.3, 0.4) is 0 Å². The zero-order valence-corrected chi connectivity index (χ0v) is 8.68. The molecule has 0 amide bonds. The SMILES string of the molecule is O=S1(=O)N(F)S(=O)(=O)C(F)(F)C(F)(F)C1(F)F. The van der Waals surface area contributed by atoms with E-state index in [4.69, 9.17) is 0 Å². The lowest BCUT2D eigenvalue weighted by atomic mass is 10.3. The van der Waals surface area contributed by atoms with E-state index in [0.29, 0.717) is 0 Å². The van der Waals surface area contributed by atoms with Crippen LogP contribution >= 0.6 is 0 Å². The standard InChI is InChI=1S/C3F7NO4S2/c4-1(5)2(6,7)16(12,13)11(10)17(14,15)3(1,8)9. The molecule has 0 radical (unpaired) electrons. The van der Waals surface area contributed by atoms with Crippen LogP contribution in [0.15, 0.2) is 0 Å². The number of nitrogens with zero attached hydrogens (tertiary/aromatic N) is 1. The molecule has 0 aliphatic carbocycles. The van der Waals surface area contributed by atoms with Gasteiger partial charge in [0.25, 0.3) is 0 Å². The molecule has 1 aliphatic heterocycles. The van der Waals surface area contributed by atoms with Crippen molar-refractivity contribution in [2.24, 2.45) is 0 Å². The second-order valence-electron chi connectivity index (χ2n) is 2.77. The van der Waals surface area contributed by atoms with Gasteiger partial charge in [-0.15, -0.1) is 4.48 Å². The van der Waals surface area contributed by atoms with Gasteiger partial charge in [0.15, 0.2) is 0 Å². The summed E-state index contributed by atoms with van der Waals surface area (Å²) in [6, 6.07) is 0. The van der Waals surface area contributed by atoms with Gasteiger partial charge in [-0.05, 0) is 0 Å². The molecule has 1 aliphatic rings. The highest BCUT2D eigenvalue weighted by atomic mass is 32.3. The van der Waals surface area contributed by atoms with E-state index < -0.39 is 40.4 Å². The Bertz CT molecular complexity index is 502. The molecule has 1 rings (SSSR count). The first kappa shape index (κ1) is 14.4. The Hall–Kier alpha value is -0.630. The third kappa shape index (κ3) is 1.22. The van der Waals surface area contributed by atoms with E-state index in [1.807, 2.05) is 0 Å². The minimum absolute atomic E-state index is 2.95. The zero-order chi connectivity index (χ0) is 14.1. The molecule has 0 aromatic carbocycles. The van der Waals surface area contributed by atoms with Gasteiger partial charge in [-0.25, -0.2) is 16.8 Å². The second-order valence-corrected chi connectivity index (χ2v) is 6.57. The maximum absolute atomic E-state index is 12.5. The highest BCUT2D eigenvalue weighted by Gasteiger charge is 2.89. The van der Waals surface area contributed by atoms with Crippen molar-refractivity contribution in [3.05, 3.63) is 0 Å². The van der Waals surface area contributed by atoms with Crippen LogP contribution < -0.4 is 0 Å². The topological polar surface area (TPSA) is 71.5 Å². The summed E-state index contributed by atoms with van der Waals surface area (Å²) in [5, 5.41) is -13.2. The van der Waals surface area contributed by atoms with Crippen LogP contribution in [-0.4, -0.2) is 37.2 Å². The number of sulfonamides is 2. The van der Waals surface area contributed by atoms with Gasteiger partial charge in [0.2, 0.25) is 0 Å². The average molecular weight is 311 g/mol. The molecular weight excluding hydrogens is 311 g/mol. The van der Waals surface area contributed by atoms with Crippen molar-refractivity contribution in [1.82, 2.24) is 3.93 Å². The predicted octanol–water partition coefficient (Wildman–Crippen LogP) is 0.667. The Balaban J connectivity index is 3.82. The Kier molecular flexibility index (Phi) is 2.57. The lowest BCUT2D eigenvalue weighted by Crippen LogP contribution is -2.70. The van der Waals surface area contributed by atoms with Gasteiger partial charge >= 0.3 is 36.5 Å². The summed E-state index contributed by atoms with van der Waals surface area (Å²) in [7, 11) is -14.2. The van der Waals surface area contributed by atoms with Gasteiger partial charge in [0, 0.05) is 0 Å². The maximum Gasteiger partial charge on any atom is 0.431 e. The Labute approximate surface area is 88.8 Å². The van der Waals surface area contributed by atoms with Crippen molar-refractivity contribution < 1.29 is 47.7 Å². The Morgan fingerprint density at radius 3 is 1.18 bits per heavy atom. The van der Waals surface area contributed by atoms with E-state index in [2.05, 4.69) is 0 Å². The minimum Gasteiger partial charge on any atom is -0.202 e. The average Bonchev–Trinajstić information content (AvgIpc) is 2.13. The number of alkyl halides is 6. The molecule has 5 nitrogen and oxygen atoms in total. The van der Waals surface area contributed by atoms with Crippen molar-refractivity contribution in [3.63, 3.8) is 0 Å². The molecule has 0 unspecified atom stereocenters. The molecule has 1 saturated heterocycles. The molecule has 17 heavy (non-hydrogen) atoms. The summed E-state index contributed by atoms with van der Waals surface area (Å²) in [5.74, 6) is -6.81. The molecule has 0 aromatic heterocycles. The number of hydrogen-bond acceptors (Lipinski definition) is 4. The van der Waals surface area contributed by atoms with Crippen molar-refractivity contribution in [1.29, 1.82) is 0 Å². The van der Waals surface area contributed by atoms with Crippen molar-refractivity contribution in [2.45, 2.75) is 16.4 Å². The van der Waals surface area contributed by atoms with E-state index in [1.54, 1.807) is 0 Å². The first-order chi connectivity index (χ1) is 7.15. The minimum atomic E-state index is -7.11. The van der Waals surface area contributed by atoms with E-state index in [9.17, 15) is 47.7 Å². The third-order valence-electron chi connectivity index (χ3n) is 1.76. The Morgan fingerprint density at radius 2 is 0.941 bits per heavy atom. The Morgan fingerprint density at radius 1 is 0.706 bits per heavy atom. The lowest BCUT2D eigenvalue weighted by molar-refractivity contribution is -0.252. The summed E-state index contributed by atoms with van der Waals surface area (Å²) >= 11 is 0. The molecule has 1 heterocycles. The normalized spacial score (nSPS) is 33.1. The summed E-state index contributed by atoms with van der Waals surface area (Å²) < 4.78 is 126. The highest BCUT2D eigenvalue weighted by Crippen LogP contribution is 2.56. The monoisotopic (exact) mass is 311 g/mol. The molecule has 0 spiro atoms. The van der Waals surface area contributed by atoms with Crippen LogP contribution in [0.2, 0.25) is 0 Å². The third-order valence-corrected chi connectivity index (χ3v) is 5.50. The largest absolute Gasteiger partial charge is 0.431 e. The lowest BCUT2D eigenvalue weighted by Gasteiger charge is -2.37. The summed E-state index contributed by atoms with van der Waals surface area (Å²) in [6.45, 7) is 0. The van der Waals surface area contributed by atoms with Crippen molar-refractivity contribution in [3.8, 4) is 0 Å². The molecule has 1 fully saturated rings. The van der Waals surface area contributed by atoms with E-state index >= 15 is 0 Å². The van der Waals surface area contributed by atoms with Crippen LogP contribution in [0.4, 0.5) is 30.8 Å². The highest BCUT2D eigenvalue weighted by molar-refractivity contribution is 8.05. The first-order valence-electron chi connectivity index (χ1n) is 3.24. The number of hydrogen-bond donors (Lipinski definition) is 0. The van der Waals surface area contributed by atoms with Gasteiger partial charge in [0.05, 0.1) is 3.93 Å². The quantitative estimate of drug-likeness (QED) is 0.487. The van der Waals surface area contributed by atoms with Gasteiger partial charge in [-0.3, -0.25) is 0 Å². The van der Waals surface area contributed by atoms with Crippen molar-refractivity contribution in [2.75, 3.05) is 0 Å². The first-order valence-corrected chi connectivity index (χ1v) is 6.12. The number of halogens is 7.